The lowest BCUT2D eigenvalue weighted by Crippen LogP contribution is -2.30. The number of hydrogen-bond acceptors (Lipinski definition) is 4. The van der Waals surface area contributed by atoms with Crippen molar-refractivity contribution in [2.75, 3.05) is 20.3 Å². The predicted octanol–water partition coefficient (Wildman–Crippen LogP) is 3.00. The Bertz CT molecular complexity index is 627. The third-order valence-electron chi connectivity index (χ3n) is 3.88. The summed E-state index contributed by atoms with van der Waals surface area (Å²) in [5.41, 5.74) is 1.13. The van der Waals surface area contributed by atoms with Gasteiger partial charge >= 0.3 is 5.97 Å². The van der Waals surface area contributed by atoms with Crippen molar-refractivity contribution in [2.24, 2.45) is 0 Å². The van der Waals surface area contributed by atoms with Crippen LogP contribution in [0.3, 0.4) is 0 Å². The number of carbonyl (C=O) groups excluding carboxylic acids is 2. The molecule has 24 heavy (non-hydrogen) atoms. The first-order valence-corrected chi connectivity index (χ1v) is 8.05. The number of halogens is 1. The summed E-state index contributed by atoms with van der Waals surface area (Å²) >= 11 is 0. The first kappa shape index (κ1) is 18.0. The van der Waals surface area contributed by atoms with Gasteiger partial charge in [-0.3, -0.25) is 4.79 Å². The van der Waals surface area contributed by atoms with Crippen LogP contribution in [0, 0.1) is 5.82 Å². The molecule has 1 N–H and O–H groups in total. The largest absolute Gasteiger partial charge is 0.497 e. The van der Waals surface area contributed by atoms with E-state index >= 15 is 0 Å². The first-order chi connectivity index (χ1) is 11.6. The molecule has 1 aliphatic carbocycles. The molecule has 1 aliphatic rings. The van der Waals surface area contributed by atoms with Crippen LogP contribution >= 0.6 is 0 Å². The number of hydrogen-bond donors (Lipinski definition) is 1. The number of esters is 1. The van der Waals surface area contributed by atoms with Crippen LogP contribution in [0.5, 0.6) is 5.75 Å². The fraction of sp³-hybridized carbons (Fsp3) is 0.444. The standard InChI is InChI=1S/C18H22FNO4/c1-23-14-7-8-15(16(19)11-14)18(22)24-12-17(21)20-10-9-13-5-3-2-4-6-13/h5,7-8,11H,2-4,6,9-10,12H2,1H3,(H,20,21). The molecule has 5 nitrogen and oxygen atoms in total. The first-order valence-electron chi connectivity index (χ1n) is 8.05. The van der Waals surface area contributed by atoms with Gasteiger partial charge in [0.25, 0.3) is 5.91 Å². The highest BCUT2D eigenvalue weighted by atomic mass is 19.1. The summed E-state index contributed by atoms with van der Waals surface area (Å²) in [5, 5.41) is 2.70. The Kier molecular flexibility index (Phi) is 6.78. The van der Waals surface area contributed by atoms with E-state index < -0.39 is 24.3 Å². The lowest BCUT2D eigenvalue weighted by Gasteiger charge is -2.13. The fourth-order valence-electron chi connectivity index (χ4n) is 2.54. The van der Waals surface area contributed by atoms with Gasteiger partial charge in [-0.05, 0) is 44.2 Å². The Hall–Kier alpha value is -2.37. The Morgan fingerprint density at radius 2 is 2.12 bits per heavy atom. The second-order valence-electron chi connectivity index (χ2n) is 5.63. The predicted molar refractivity (Wildman–Crippen MR) is 87.4 cm³/mol. The Balaban J connectivity index is 1.72. The quantitative estimate of drug-likeness (QED) is 0.614. The van der Waals surface area contributed by atoms with Gasteiger partial charge in [0.15, 0.2) is 6.61 Å². The van der Waals surface area contributed by atoms with Gasteiger partial charge < -0.3 is 14.8 Å². The van der Waals surface area contributed by atoms with Crippen LogP contribution in [0.4, 0.5) is 4.39 Å². The van der Waals surface area contributed by atoms with Crippen molar-refractivity contribution in [1.29, 1.82) is 0 Å². The summed E-state index contributed by atoms with van der Waals surface area (Å²) in [7, 11) is 1.40. The molecule has 1 aromatic carbocycles. The average Bonchev–Trinajstić information content (AvgIpc) is 2.60. The molecule has 0 aliphatic heterocycles. The number of rotatable bonds is 7. The molecule has 0 atom stereocenters. The summed E-state index contributed by atoms with van der Waals surface area (Å²) in [4.78, 5) is 23.5. The minimum absolute atomic E-state index is 0.226. The van der Waals surface area contributed by atoms with Gasteiger partial charge in [-0.25, -0.2) is 9.18 Å². The van der Waals surface area contributed by atoms with Crippen LogP contribution in [0.1, 0.15) is 42.5 Å². The Morgan fingerprint density at radius 1 is 1.29 bits per heavy atom. The van der Waals surface area contributed by atoms with Gasteiger partial charge in [0.2, 0.25) is 0 Å². The molecule has 2 rings (SSSR count). The topological polar surface area (TPSA) is 64.6 Å². The van der Waals surface area contributed by atoms with Crippen molar-refractivity contribution in [3.63, 3.8) is 0 Å². The van der Waals surface area contributed by atoms with Crippen molar-refractivity contribution in [3.05, 3.63) is 41.2 Å². The molecule has 1 aromatic rings. The maximum absolute atomic E-state index is 13.7. The maximum atomic E-state index is 13.7. The smallest absolute Gasteiger partial charge is 0.341 e. The van der Waals surface area contributed by atoms with E-state index in [1.165, 1.54) is 37.7 Å². The monoisotopic (exact) mass is 335 g/mol. The zero-order chi connectivity index (χ0) is 17.4. The van der Waals surface area contributed by atoms with Crippen LogP contribution in [-0.2, 0) is 9.53 Å². The van der Waals surface area contributed by atoms with E-state index in [1.54, 1.807) is 0 Å². The molecule has 130 valence electrons. The molecule has 0 heterocycles. The van der Waals surface area contributed by atoms with E-state index in [2.05, 4.69) is 11.4 Å². The SMILES string of the molecule is COc1ccc(C(=O)OCC(=O)NCCC2=CCCCC2)c(F)c1. The summed E-state index contributed by atoms with van der Waals surface area (Å²) in [6, 6.07) is 3.82. The second-order valence-corrected chi connectivity index (χ2v) is 5.63. The van der Waals surface area contributed by atoms with Gasteiger partial charge in [-0.1, -0.05) is 11.6 Å². The minimum atomic E-state index is -0.875. The summed E-state index contributed by atoms with van der Waals surface area (Å²) < 4.78 is 23.4. The van der Waals surface area contributed by atoms with Crippen LogP contribution in [0.2, 0.25) is 0 Å². The van der Waals surface area contributed by atoms with Crippen molar-refractivity contribution < 1.29 is 23.5 Å². The fourth-order valence-corrected chi connectivity index (χ4v) is 2.54. The number of methoxy groups -OCH3 is 1. The van der Waals surface area contributed by atoms with E-state index in [1.807, 2.05) is 0 Å². The zero-order valence-corrected chi connectivity index (χ0v) is 13.8. The molecule has 0 radical (unpaired) electrons. The lowest BCUT2D eigenvalue weighted by molar-refractivity contribution is -0.124. The number of amides is 1. The minimum Gasteiger partial charge on any atom is -0.497 e. The summed E-state index contributed by atoms with van der Waals surface area (Å²) in [6.45, 7) is 0.0858. The Morgan fingerprint density at radius 3 is 2.79 bits per heavy atom. The number of nitrogens with one attached hydrogen (secondary N) is 1. The average molecular weight is 335 g/mol. The van der Waals surface area contributed by atoms with Gasteiger partial charge in [0.1, 0.15) is 11.6 Å². The van der Waals surface area contributed by atoms with Crippen molar-refractivity contribution >= 4 is 11.9 Å². The van der Waals surface area contributed by atoms with Gasteiger partial charge in [-0.2, -0.15) is 0 Å². The molecule has 0 aromatic heterocycles. The molecule has 0 unspecified atom stereocenters. The molecule has 0 fully saturated rings. The van der Waals surface area contributed by atoms with Crippen LogP contribution in [0.25, 0.3) is 0 Å². The molecular weight excluding hydrogens is 313 g/mol. The number of carbonyl (C=O) groups is 2. The van der Waals surface area contributed by atoms with Crippen molar-refractivity contribution in [3.8, 4) is 5.75 Å². The highest BCUT2D eigenvalue weighted by Crippen LogP contribution is 2.19. The van der Waals surface area contributed by atoms with E-state index in [0.29, 0.717) is 12.3 Å². The third-order valence-corrected chi connectivity index (χ3v) is 3.88. The van der Waals surface area contributed by atoms with Gasteiger partial charge in [-0.15, -0.1) is 0 Å². The highest BCUT2D eigenvalue weighted by molar-refractivity contribution is 5.91. The number of ether oxygens (including phenoxy) is 2. The van der Waals surface area contributed by atoms with E-state index in [4.69, 9.17) is 9.47 Å². The lowest BCUT2D eigenvalue weighted by atomic mass is 9.97. The van der Waals surface area contributed by atoms with Crippen LogP contribution in [0.15, 0.2) is 29.8 Å². The van der Waals surface area contributed by atoms with E-state index in [9.17, 15) is 14.0 Å². The third kappa shape index (κ3) is 5.37. The molecule has 0 spiro atoms. The van der Waals surface area contributed by atoms with E-state index in [-0.39, 0.29) is 5.56 Å². The van der Waals surface area contributed by atoms with Gasteiger partial charge in [0, 0.05) is 12.6 Å². The number of benzene rings is 1. The van der Waals surface area contributed by atoms with Gasteiger partial charge in [0.05, 0.1) is 12.7 Å². The summed E-state index contributed by atoms with van der Waals surface area (Å²) in [5.74, 6) is -1.71. The highest BCUT2D eigenvalue weighted by Gasteiger charge is 2.15. The second kappa shape index (κ2) is 9.05. The molecule has 0 bridgehead atoms. The molecular formula is C18H22FNO4. The maximum Gasteiger partial charge on any atom is 0.341 e. The van der Waals surface area contributed by atoms with Crippen molar-refractivity contribution in [1.82, 2.24) is 5.32 Å². The zero-order valence-electron chi connectivity index (χ0n) is 13.8. The molecule has 6 heteroatoms. The molecule has 0 saturated heterocycles. The van der Waals surface area contributed by atoms with Crippen LogP contribution in [-0.4, -0.2) is 32.1 Å². The molecule has 1 amide bonds. The molecule has 0 saturated carbocycles. The van der Waals surface area contributed by atoms with Crippen LogP contribution < -0.4 is 10.1 Å². The van der Waals surface area contributed by atoms with Crippen molar-refractivity contribution in [2.45, 2.75) is 32.1 Å². The normalized spacial score (nSPS) is 13.8. The summed E-state index contributed by atoms with van der Waals surface area (Å²) in [6.07, 6.45) is 7.66. The number of allylic oxidation sites excluding steroid dienone is 1. The van der Waals surface area contributed by atoms with E-state index in [0.717, 1.165) is 25.3 Å². The Labute approximate surface area is 140 Å².